The summed E-state index contributed by atoms with van der Waals surface area (Å²) in [7, 11) is 0. The summed E-state index contributed by atoms with van der Waals surface area (Å²) in [6.07, 6.45) is 6.05. The molecule has 1 aromatic carbocycles. The lowest BCUT2D eigenvalue weighted by molar-refractivity contribution is -0.117. The van der Waals surface area contributed by atoms with E-state index in [4.69, 9.17) is 0 Å². The fraction of sp³-hybridized carbons (Fsp3) is 0.214. The summed E-state index contributed by atoms with van der Waals surface area (Å²) < 4.78 is 1.70. The normalized spacial score (nSPS) is 13.5. The van der Waals surface area contributed by atoms with Gasteiger partial charge in [0.1, 0.15) is 6.54 Å². The van der Waals surface area contributed by atoms with Crippen LogP contribution < -0.4 is 10.6 Å². The van der Waals surface area contributed by atoms with Gasteiger partial charge in [0.2, 0.25) is 11.8 Å². The second kappa shape index (κ2) is 5.16. The number of fused-ring (bicyclic) bond motifs is 1. The number of imidazole rings is 1. The average Bonchev–Trinajstić information content (AvgIpc) is 2.91. The van der Waals surface area contributed by atoms with Crippen molar-refractivity contribution in [2.75, 3.05) is 10.6 Å². The summed E-state index contributed by atoms with van der Waals surface area (Å²) in [5.74, 6) is -0.104. The smallest absolute Gasteiger partial charge is 0.244 e. The molecule has 0 atom stereocenters. The number of amides is 2. The first-order valence-corrected chi connectivity index (χ1v) is 6.40. The maximum Gasteiger partial charge on any atom is 0.244 e. The van der Waals surface area contributed by atoms with Gasteiger partial charge >= 0.3 is 0 Å². The van der Waals surface area contributed by atoms with Gasteiger partial charge in [-0.1, -0.05) is 6.07 Å². The SMILES string of the molecule is O=C1CCc2c(cccc2NC(=O)Cn2ccnc2)N1. The molecule has 6 nitrogen and oxygen atoms in total. The van der Waals surface area contributed by atoms with Crippen LogP contribution in [0.3, 0.4) is 0 Å². The number of carbonyl (C=O) groups excluding carboxylic acids is 2. The van der Waals surface area contributed by atoms with Crippen molar-refractivity contribution in [3.8, 4) is 0 Å². The number of hydrogen-bond acceptors (Lipinski definition) is 3. The van der Waals surface area contributed by atoms with Gasteiger partial charge in [-0.15, -0.1) is 0 Å². The molecule has 2 N–H and O–H groups in total. The van der Waals surface area contributed by atoms with Crippen LogP contribution in [0, 0.1) is 0 Å². The zero-order valence-electron chi connectivity index (χ0n) is 10.8. The van der Waals surface area contributed by atoms with Gasteiger partial charge in [0.25, 0.3) is 0 Å². The molecule has 6 heteroatoms. The van der Waals surface area contributed by atoms with E-state index in [1.165, 1.54) is 0 Å². The Labute approximate surface area is 115 Å². The molecule has 0 saturated heterocycles. The maximum absolute atomic E-state index is 12.0. The highest BCUT2D eigenvalue weighted by atomic mass is 16.2. The molecule has 102 valence electrons. The molecule has 0 aliphatic carbocycles. The highest BCUT2D eigenvalue weighted by Crippen LogP contribution is 2.29. The lowest BCUT2D eigenvalue weighted by atomic mass is 10.0. The zero-order valence-corrected chi connectivity index (χ0v) is 10.8. The van der Waals surface area contributed by atoms with Gasteiger partial charge in [-0.2, -0.15) is 0 Å². The molecule has 20 heavy (non-hydrogen) atoms. The van der Waals surface area contributed by atoms with Crippen LogP contribution in [0.25, 0.3) is 0 Å². The van der Waals surface area contributed by atoms with Gasteiger partial charge in [0, 0.05) is 30.2 Å². The fourth-order valence-corrected chi connectivity index (χ4v) is 2.28. The van der Waals surface area contributed by atoms with Crippen LogP contribution in [-0.4, -0.2) is 21.4 Å². The Hall–Kier alpha value is -2.63. The molecule has 0 saturated carbocycles. The lowest BCUT2D eigenvalue weighted by Crippen LogP contribution is -2.23. The molecular formula is C14H14N4O2. The van der Waals surface area contributed by atoms with Crippen molar-refractivity contribution in [3.05, 3.63) is 42.5 Å². The highest BCUT2D eigenvalue weighted by molar-refractivity contribution is 5.98. The number of nitrogens with zero attached hydrogens (tertiary/aromatic N) is 2. The van der Waals surface area contributed by atoms with Crippen LogP contribution >= 0.6 is 0 Å². The zero-order chi connectivity index (χ0) is 13.9. The summed E-state index contributed by atoms with van der Waals surface area (Å²) in [5, 5.41) is 5.70. The molecule has 0 radical (unpaired) electrons. The minimum absolute atomic E-state index is 0.0133. The van der Waals surface area contributed by atoms with Gasteiger partial charge in [0.15, 0.2) is 0 Å². The molecule has 2 heterocycles. The van der Waals surface area contributed by atoms with Crippen LogP contribution in [-0.2, 0) is 22.6 Å². The summed E-state index contributed by atoms with van der Waals surface area (Å²) in [5.41, 5.74) is 2.51. The Morgan fingerprint density at radius 3 is 3.10 bits per heavy atom. The Kier molecular flexibility index (Phi) is 3.20. The average molecular weight is 270 g/mol. The fourth-order valence-electron chi connectivity index (χ4n) is 2.28. The standard InChI is InChI=1S/C14H14N4O2/c19-13-5-4-10-11(16-13)2-1-3-12(10)17-14(20)8-18-7-6-15-9-18/h1-3,6-7,9H,4-5,8H2,(H,16,19)(H,17,20). The van der Waals surface area contributed by atoms with Gasteiger partial charge < -0.3 is 15.2 Å². The summed E-state index contributed by atoms with van der Waals surface area (Å²) in [4.78, 5) is 27.2. The first-order chi connectivity index (χ1) is 9.72. The van der Waals surface area contributed by atoms with E-state index >= 15 is 0 Å². The molecule has 2 amide bonds. The number of carbonyl (C=O) groups is 2. The molecule has 0 fully saturated rings. The van der Waals surface area contributed by atoms with Crippen molar-refractivity contribution in [2.45, 2.75) is 19.4 Å². The van der Waals surface area contributed by atoms with Crippen LogP contribution in [0.4, 0.5) is 11.4 Å². The van der Waals surface area contributed by atoms with Crippen molar-refractivity contribution >= 4 is 23.2 Å². The second-order valence-corrected chi connectivity index (χ2v) is 4.66. The minimum atomic E-state index is -0.117. The third-order valence-corrected chi connectivity index (χ3v) is 3.21. The molecule has 0 bridgehead atoms. The number of benzene rings is 1. The topological polar surface area (TPSA) is 76.0 Å². The van der Waals surface area contributed by atoms with Crippen molar-refractivity contribution < 1.29 is 9.59 Å². The Morgan fingerprint density at radius 1 is 1.40 bits per heavy atom. The van der Waals surface area contributed by atoms with Crippen molar-refractivity contribution in [2.24, 2.45) is 0 Å². The van der Waals surface area contributed by atoms with E-state index < -0.39 is 0 Å². The molecule has 3 rings (SSSR count). The van der Waals surface area contributed by atoms with E-state index in [9.17, 15) is 9.59 Å². The van der Waals surface area contributed by atoms with Gasteiger partial charge in [0.05, 0.1) is 6.33 Å². The number of anilines is 2. The van der Waals surface area contributed by atoms with E-state index in [0.717, 1.165) is 16.9 Å². The minimum Gasteiger partial charge on any atom is -0.328 e. The van der Waals surface area contributed by atoms with Gasteiger partial charge in [-0.05, 0) is 24.1 Å². The third-order valence-electron chi connectivity index (χ3n) is 3.21. The molecule has 0 unspecified atom stereocenters. The third kappa shape index (κ3) is 2.54. The van der Waals surface area contributed by atoms with E-state index in [1.807, 2.05) is 18.2 Å². The van der Waals surface area contributed by atoms with E-state index in [2.05, 4.69) is 15.6 Å². The predicted molar refractivity (Wildman–Crippen MR) is 74.2 cm³/mol. The summed E-state index contributed by atoms with van der Waals surface area (Å²) in [6, 6.07) is 5.51. The van der Waals surface area contributed by atoms with Crippen LogP contribution in [0.2, 0.25) is 0 Å². The van der Waals surface area contributed by atoms with Crippen LogP contribution in [0.1, 0.15) is 12.0 Å². The second-order valence-electron chi connectivity index (χ2n) is 4.66. The summed E-state index contributed by atoms with van der Waals surface area (Å²) >= 11 is 0. The first kappa shape index (κ1) is 12.4. The van der Waals surface area contributed by atoms with E-state index in [1.54, 1.807) is 23.3 Å². The van der Waals surface area contributed by atoms with E-state index in [0.29, 0.717) is 12.8 Å². The van der Waals surface area contributed by atoms with Crippen LogP contribution in [0.15, 0.2) is 36.9 Å². The molecule has 1 aromatic heterocycles. The number of nitrogens with one attached hydrogen (secondary N) is 2. The Balaban J connectivity index is 1.76. The maximum atomic E-state index is 12.0. The number of hydrogen-bond donors (Lipinski definition) is 2. The molecule has 0 spiro atoms. The Bertz CT molecular complexity index is 649. The summed E-state index contributed by atoms with van der Waals surface area (Å²) in [6.45, 7) is 0.218. The molecule has 2 aromatic rings. The molecule has 1 aliphatic heterocycles. The van der Waals surface area contributed by atoms with Gasteiger partial charge in [-0.25, -0.2) is 4.98 Å². The monoisotopic (exact) mass is 270 g/mol. The molecule has 1 aliphatic rings. The Morgan fingerprint density at radius 2 is 2.30 bits per heavy atom. The van der Waals surface area contributed by atoms with Crippen molar-refractivity contribution in [1.29, 1.82) is 0 Å². The number of aromatic nitrogens is 2. The molecular weight excluding hydrogens is 256 g/mol. The quantitative estimate of drug-likeness (QED) is 0.885. The highest BCUT2D eigenvalue weighted by Gasteiger charge is 2.18. The van der Waals surface area contributed by atoms with Crippen molar-refractivity contribution in [1.82, 2.24) is 9.55 Å². The van der Waals surface area contributed by atoms with Crippen molar-refractivity contribution in [3.63, 3.8) is 0 Å². The van der Waals surface area contributed by atoms with Crippen LogP contribution in [0.5, 0.6) is 0 Å². The lowest BCUT2D eigenvalue weighted by Gasteiger charge is -2.20. The van der Waals surface area contributed by atoms with Gasteiger partial charge in [-0.3, -0.25) is 9.59 Å². The largest absolute Gasteiger partial charge is 0.328 e. The number of rotatable bonds is 3. The first-order valence-electron chi connectivity index (χ1n) is 6.40. The van der Waals surface area contributed by atoms with E-state index in [-0.39, 0.29) is 18.4 Å². The predicted octanol–water partition coefficient (Wildman–Crippen LogP) is 1.41.